The van der Waals surface area contributed by atoms with Crippen LogP contribution in [0, 0.1) is 5.92 Å². The van der Waals surface area contributed by atoms with Gasteiger partial charge in [0.05, 0.1) is 7.11 Å². The van der Waals surface area contributed by atoms with E-state index in [9.17, 15) is 4.79 Å². The van der Waals surface area contributed by atoms with E-state index in [0.717, 1.165) is 42.0 Å². The molecule has 1 aromatic carbocycles. The highest BCUT2D eigenvalue weighted by Crippen LogP contribution is 2.33. The zero-order valence-electron chi connectivity index (χ0n) is 15.1. The van der Waals surface area contributed by atoms with E-state index in [0.29, 0.717) is 5.13 Å². The Balaban J connectivity index is 1.82. The molecule has 1 fully saturated rings. The van der Waals surface area contributed by atoms with Crippen molar-refractivity contribution in [3.8, 4) is 16.3 Å². The molecule has 3 rings (SSSR count). The molecule has 0 aliphatic heterocycles. The highest BCUT2D eigenvalue weighted by atomic mass is 32.1. The van der Waals surface area contributed by atoms with Crippen LogP contribution in [0.4, 0.5) is 5.13 Å². The molecule has 6 heteroatoms. The van der Waals surface area contributed by atoms with Crippen molar-refractivity contribution in [1.82, 2.24) is 10.2 Å². The minimum Gasteiger partial charge on any atom is -0.497 e. The number of hydrogen-bond donors (Lipinski definition) is 0. The number of amides is 1. The van der Waals surface area contributed by atoms with E-state index >= 15 is 0 Å². The Kier molecular flexibility index (Phi) is 5.68. The lowest BCUT2D eigenvalue weighted by Crippen LogP contribution is -2.41. The number of carbonyl (C=O) groups excluding carboxylic acids is 1. The predicted octanol–water partition coefficient (Wildman–Crippen LogP) is 4.54. The van der Waals surface area contributed by atoms with Gasteiger partial charge in [-0.05, 0) is 51.0 Å². The van der Waals surface area contributed by atoms with Gasteiger partial charge in [0.25, 0.3) is 0 Å². The fourth-order valence-electron chi connectivity index (χ4n) is 3.28. The van der Waals surface area contributed by atoms with E-state index in [1.165, 1.54) is 17.8 Å². The van der Waals surface area contributed by atoms with Crippen molar-refractivity contribution in [2.24, 2.45) is 5.92 Å². The summed E-state index contributed by atoms with van der Waals surface area (Å²) in [4.78, 5) is 14.9. The van der Waals surface area contributed by atoms with Gasteiger partial charge in [0.2, 0.25) is 11.0 Å². The second-order valence-electron chi connectivity index (χ2n) is 6.76. The molecule has 5 nitrogen and oxygen atoms in total. The SMILES string of the molecule is COc1ccc(-c2nnc(N(C(=O)C3CCCCC3)C(C)C)s2)cc1. The number of ether oxygens (including phenoxy) is 1. The smallest absolute Gasteiger partial charge is 0.232 e. The average Bonchev–Trinajstić information content (AvgIpc) is 3.12. The molecule has 1 saturated carbocycles. The second kappa shape index (κ2) is 7.95. The highest BCUT2D eigenvalue weighted by Gasteiger charge is 2.30. The molecule has 0 atom stereocenters. The second-order valence-corrected chi connectivity index (χ2v) is 7.71. The largest absolute Gasteiger partial charge is 0.497 e. The van der Waals surface area contributed by atoms with Gasteiger partial charge < -0.3 is 4.74 Å². The van der Waals surface area contributed by atoms with Gasteiger partial charge >= 0.3 is 0 Å². The summed E-state index contributed by atoms with van der Waals surface area (Å²) in [5, 5.41) is 10.1. The van der Waals surface area contributed by atoms with E-state index < -0.39 is 0 Å². The van der Waals surface area contributed by atoms with Crippen molar-refractivity contribution >= 4 is 22.4 Å². The third-order valence-electron chi connectivity index (χ3n) is 4.67. The molecular weight excluding hydrogens is 334 g/mol. The summed E-state index contributed by atoms with van der Waals surface area (Å²) in [6, 6.07) is 7.82. The van der Waals surface area contributed by atoms with Gasteiger partial charge in [0.15, 0.2) is 0 Å². The standard InChI is InChI=1S/C19H25N3O2S/c1-13(2)22(18(23)15-7-5-4-6-8-15)19-21-20-17(25-19)14-9-11-16(24-3)12-10-14/h9-13,15H,4-8H2,1-3H3. The predicted molar refractivity (Wildman–Crippen MR) is 101 cm³/mol. The van der Waals surface area contributed by atoms with Crippen LogP contribution in [0.5, 0.6) is 5.75 Å². The van der Waals surface area contributed by atoms with Crippen molar-refractivity contribution < 1.29 is 9.53 Å². The Bertz CT molecular complexity index is 706. The highest BCUT2D eigenvalue weighted by molar-refractivity contribution is 7.18. The summed E-state index contributed by atoms with van der Waals surface area (Å²) >= 11 is 1.47. The van der Waals surface area contributed by atoms with E-state index in [2.05, 4.69) is 10.2 Å². The lowest BCUT2D eigenvalue weighted by Gasteiger charge is -2.29. The number of rotatable bonds is 5. The molecule has 0 bridgehead atoms. The van der Waals surface area contributed by atoms with Crippen LogP contribution in [-0.4, -0.2) is 29.3 Å². The fraction of sp³-hybridized carbons (Fsp3) is 0.526. The van der Waals surface area contributed by atoms with Crippen LogP contribution in [0.25, 0.3) is 10.6 Å². The lowest BCUT2D eigenvalue weighted by atomic mass is 9.88. The Labute approximate surface area is 153 Å². The summed E-state index contributed by atoms with van der Waals surface area (Å²) in [5.41, 5.74) is 0.985. The molecule has 0 saturated heterocycles. The Morgan fingerprint density at radius 3 is 2.44 bits per heavy atom. The summed E-state index contributed by atoms with van der Waals surface area (Å²) in [6.45, 7) is 4.07. The van der Waals surface area contributed by atoms with E-state index in [1.54, 1.807) is 7.11 Å². The average molecular weight is 359 g/mol. The Morgan fingerprint density at radius 2 is 1.84 bits per heavy atom. The molecule has 25 heavy (non-hydrogen) atoms. The van der Waals surface area contributed by atoms with Crippen LogP contribution in [0.15, 0.2) is 24.3 Å². The molecule has 134 valence electrons. The molecule has 0 unspecified atom stereocenters. The van der Waals surface area contributed by atoms with Crippen molar-refractivity contribution in [2.45, 2.75) is 52.0 Å². The monoisotopic (exact) mass is 359 g/mol. The number of methoxy groups -OCH3 is 1. The molecule has 1 amide bonds. The van der Waals surface area contributed by atoms with Crippen LogP contribution in [0.3, 0.4) is 0 Å². The van der Waals surface area contributed by atoms with E-state index in [4.69, 9.17) is 4.74 Å². The zero-order valence-corrected chi connectivity index (χ0v) is 15.9. The number of nitrogens with zero attached hydrogens (tertiary/aromatic N) is 3. The number of hydrogen-bond acceptors (Lipinski definition) is 5. The molecule has 1 heterocycles. The van der Waals surface area contributed by atoms with Crippen LogP contribution in [0.1, 0.15) is 46.0 Å². The van der Waals surface area contributed by atoms with Crippen molar-refractivity contribution in [3.63, 3.8) is 0 Å². The first-order valence-electron chi connectivity index (χ1n) is 8.91. The Hall–Kier alpha value is -1.95. The number of benzene rings is 1. The molecule has 2 aromatic rings. The quantitative estimate of drug-likeness (QED) is 0.787. The van der Waals surface area contributed by atoms with E-state index in [1.807, 2.05) is 43.0 Å². The minimum absolute atomic E-state index is 0.0751. The summed E-state index contributed by atoms with van der Waals surface area (Å²) < 4.78 is 5.19. The molecule has 0 spiro atoms. The number of carbonyl (C=O) groups is 1. The summed E-state index contributed by atoms with van der Waals surface area (Å²) in [5.74, 6) is 1.14. The maximum absolute atomic E-state index is 13.0. The van der Waals surface area contributed by atoms with Crippen LogP contribution >= 0.6 is 11.3 Å². The van der Waals surface area contributed by atoms with Crippen molar-refractivity contribution in [2.75, 3.05) is 12.0 Å². The normalized spacial score (nSPS) is 15.4. The molecule has 1 aliphatic rings. The van der Waals surface area contributed by atoms with Crippen LogP contribution in [-0.2, 0) is 4.79 Å². The van der Waals surface area contributed by atoms with E-state index in [-0.39, 0.29) is 17.9 Å². The van der Waals surface area contributed by atoms with Crippen molar-refractivity contribution in [3.05, 3.63) is 24.3 Å². The lowest BCUT2D eigenvalue weighted by molar-refractivity contribution is -0.123. The number of anilines is 1. The minimum atomic E-state index is 0.0751. The first-order chi connectivity index (χ1) is 12.1. The molecular formula is C19H25N3O2S. The molecule has 1 aromatic heterocycles. The summed E-state index contributed by atoms with van der Waals surface area (Å²) in [6.07, 6.45) is 5.52. The molecule has 0 N–H and O–H groups in total. The summed E-state index contributed by atoms with van der Waals surface area (Å²) in [7, 11) is 1.65. The maximum atomic E-state index is 13.0. The Morgan fingerprint density at radius 1 is 1.16 bits per heavy atom. The zero-order chi connectivity index (χ0) is 17.8. The topological polar surface area (TPSA) is 55.3 Å². The van der Waals surface area contributed by atoms with Gasteiger partial charge in [-0.1, -0.05) is 30.6 Å². The van der Waals surface area contributed by atoms with Crippen LogP contribution in [0.2, 0.25) is 0 Å². The van der Waals surface area contributed by atoms with Gasteiger partial charge in [-0.2, -0.15) is 0 Å². The molecule has 0 radical (unpaired) electrons. The fourth-order valence-corrected chi connectivity index (χ4v) is 4.27. The third-order valence-corrected chi connectivity index (χ3v) is 5.64. The van der Waals surface area contributed by atoms with Crippen molar-refractivity contribution in [1.29, 1.82) is 0 Å². The maximum Gasteiger partial charge on any atom is 0.232 e. The molecule has 1 aliphatic carbocycles. The van der Waals surface area contributed by atoms with Gasteiger partial charge in [0, 0.05) is 17.5 Å². The van der Waals surface area contributed by atoms with Gasteiger partial charge in [-0.15, -0.1) is 10.2 Å². The van der Waals surface area contributed by atoms with Gasteiger partial charge in [-0.25, -0.2) is 0 Å². The van der Waals surface area contributed by atoms with Gasteiger partial charge in [0.1, 0.15) is 10.8 Å². The number of aromatic nitrogens is 2. The third kappa shape index (κ3) is 4.00. The first kappa shape index (κ1) is 17.9. The first-order valence-corrected chi connectivity index (χ1v) is 9.73. The van der Waals surface area contributed by atoms with Gasteiger partial charge in [-0.3, -0.25) is 9.69 Å². The van der Waals surface area contributed by atoms with Crippen LogP contribution < -0.4 is 9.64 Å².